The normalized spacial score (nSPS) is 23.1. The predicted molar refractivity (Wildman–Crippen MR) is 67.8 cm³/mol. The molecule has 5 nitrogen and oxygen atoms in total. The maximum absolute atomic E-state index is 11.9. The molecule has 0 saturated carbocycles. The molecule has 0 aromatic rings. The van der Waals surface area contributed by atoms with E-state index in [9.17, 15) is 8.42 Å². The molecule has 16 heavy (non-hydrogen) atoms. The summed E-state index contributed by atoms with van der Waals surface area (Å²) in [6.07, 6.45) is 0.934. The Labute approximate surface area is 104 Å². The zero-order chi connectivity index (χ0) is 11.7. The van der Waals surface area contributed by atoms with Crippen LogP contribution in [0.15, 0.2) is 0 Å². The molecule has 1 atom stereocenters. The van der Waals surface area contributed by atoms with Gasteiger partial charge in [0.25, 0.3) is 10.2 Å². The van der Waals surface area contributed by atoms with Crippen molar-refractivity contribution in [1.82, 2.24) is 9.03 Å². The van der Waals surface area contributed by atoms with Gasteiger partial charge in [-0.2, -0.15) is 17.4 Å². The molecule has 1 fully saturated rings. The summed E-state index contributed by atoms with van der Waals surface area (Å²) in [5.41, 5.74) is 4.92. The Kier molecular flexibility index (Phi) is 5.68. The minimum Gasteiger partial charge on any atom is -0.329 e. The van der Waals surface area contributed by atoms with Gasteiger partial charge in [-0.1, -0.05) is 6.92 Å². The third-order valence-corrected chi connectivity index (χ3v) is 4.46. The molecule has 1 heterocycles. The Morgan fingerprint density at radius 3 is 2.44 bits per heavy atom. The molecule has 1 aliphatic rings. The van der Waals surface area contributed by atoms with E-state index in [2.05, 4.69) is 11.6 Å². The van der Waals surface area contributed by atoms with Crippen LogP contribution in [-0.4, -0.2) is 37.9 Å². The summed E-state index contributed by atoms with van der Waals surface area (Å²) in [4.78, 5) is 0. The first-order chi connectivity index (χ1) is 6.77. The van der Waals surface area contributed by atoms with E-state index in [0.29, 0.717) is 19.0 Å². The quantitative estimate of drug-likeness (QED) is 0.773. The molecule has 1 aliphatic heterocycles. The Morgan fingerprint density at radius 2 is 2.06 bits per heavy atom. The van der Waals surface area contributed by atoms with Crippen molar-refractivity contribution < 1.29 is 8.42 Å². The first-order valence-corrected chi connectivity index (χ1v) is 6.70. The van der Waals surface area contributed by atoms with E-state index in [-0.39, 0.29) is 19.0 Å². The zero-order valence-electron chi connectivity index (χ0n) is 10.1. The Morgan fingerprint density at radius 1 is 1.50 bits per heavy atom. The lowest BCUT2D eigenvalue weighted by atomic mass is 10.1. The Hall–Kier alpha value is 0.120. The van der Waals surface area contributed by atoms with Gasteiger partial charge < -0.3 is 5.73 Å². The van der Waals surface area contributed by atoms with Crippen molar-refractivity contribution in [2.24, 2.45) is 11.7 Å². The van der Waals surface area contributed by atoms with Crippen LogP contribution in [0.2, 0.25) is 0 Å². The number of rotatable bonds is 4. The summed E-state index contributed by atoms with van der Waals surface area (Å²) < 4.78 is 27.9. The van der Waals surface area contributed by atoms with Gasteiger partial charge in [0.05, 0.1) is 0 Å². The molecule has 1 unspecified atom stereocenters. The van der Waals surface area contributed by atoms with Crippen LogP contribution >= 0.6 is 12.4 Å². The highest BCUT2D eigenvalue weighted by Crippen LogP contribution is 2.18. The summed E-state index contributed by atoms with van der Waals surface area (Å²) in [7, 11) is -3.36. The van der Waals surface area contributed by atoms with Crippen LogP contribution in [0.3, 0.4) is 0 Å². The molecule has 0 aliphatic carbocycles. The second kappa shape index (κ2) is 5.64. The van der Waals surface area contributed by atoms with Crippen molar-refractivity contribution in [1.29, 1.82) is 0 Å². The van der Waals surface area contributed by atoms with Crippen molar-refractivity contribution in [3.8, 4) is 0 Å². The van der Waals surface area contributed by atoms with Crippen molar-refractivity contribution in [2.75, 3.05) is 19.6 Å². The van der Waals surface area contributed by atoms with E-state index < -0.39 is 15.7 Å². The van der Waals surface area contributed by atoms with Crippen LogP contribution in [0.4, 0.5) is 0 Å². The number of hydrogen-bond donors (Lipinski definition) is 2. The molecule has 0 radical (unpaired) electrons. The standard InChI is InChI=1S/C9H21N3O2S.ClH/c1-8-4-5-12(6-8)15(13,14)11-9(2,3)7-10;/h8,11H,4-7,10H2,1-3H3;1H. The van der Waals surface area contributed by atoms with E-state index in [1.54, 1.807) is 13.8 Å². The van der Waals surface area contributed by atoms with Gasteiger partial charge >= 0.3 is 0 Å². The molecule has 0 amide bonds. The van der Waals surface area contributed by atoms with Gasteiger partial charge in [0, 0.05) is 25.2 Å². The van der Waals surface area contributed by atoms with E-state index in [0.717, 1.165) is 6.42 Å². The molecule has 1 rings (SSSR count). The van der Waals surface area contributed by atoms with Crippen molar-refractivity contribution in [3.63, 3.8) is 0 Å². The summed E-state index contributed by atoms with van der Waals surface area (Å²) in [5, 5.41) is 0. The summed E-state index contributed by atoms with van der Waals surface area (Å²) >= 11 is 0. The van der Waals surface area contributed by atoms with Gasteiger partial charge in [0.15, 0.2) is 0 Å². The zero-order valence-corrected chi connectivity index (χ0v) is 11.7. The maximum atomic E-state index is 11.9. The van der Waals surface area contributed by atoms with Crippen LogP contribution in [-0.2, 0) is 10.2 Å². The molecular formula is C9H22ClN3O2S. The number of nitrogens with zero attached hydrogens (tertiary/aromatic N) is 1. The fourth-order valence-electron chi connectivity index (χ4n) is 1.57. The lowest BCUT2D eigenvalue weighted by Crippen LogP contribution is -2.53. The average Bonchev–Trinajstić information content (AvgIpc) is 2.51. The molecule has 3 N–H and O–H groups in total. The van der Waals surface area contributed by atoms with E-state index >= 15 is 0 Å². The summed E-state index contributed by atoms with van der Waals surface area (Å²) in [6.45, 7) is 7.13. The molecule has 1 saturated heterocycles. The van der Waals surface area contributed by atoms with E-state index in [1.807, 2.05) is 0 Å². The number of hydrogen-bond acceptors (Lipinski definition) is 3. The van der Waals surface area contributed by atoms with Gasteiger partial charge in [-0.05, 0) is 26.2 Å². The first kappa shape index (κ1) is 16.1. The fourth-order valence-corrected chi connectivity index (χ4v) is 3.28. The van der Waals surface area contributed by atoms with Crippen molar-refractivity contribution in [2.45, 2.75) is 32.7 Å². The van der Waals surface area contributed by atoms with Crippen LogP contribution in [0, 0.1) is 5.92 Å². The SMILES string of the molecule is CC1CCN(S(=O)(=O)NC(C)(C)CN)C1.Cl. The van der Waals surface area contributed by atoms with Crippen molar-refractivity contribution >= 4 is 22.6 Å². The minimum atomic E-state index is -3.36. The number of nitrogens with one attached hydrogen (secondary N) is 1. The van der Waals surface area contributed by atoms with E-state index in [1.165, 1.54) is 4.31 Å². The second-order valence-electron chi connectivity index (χ2n) is 4.95. The molecular weight excluding hydrogens is 250 g/mol. The lowest BCUT2D eigenvalue weighted by Gasteiger charge is -2.27. The first-order valence-electron chi connectivity index (χ1n) is 5.26. The molecule has 7 heteroatoms. The van der Waals surface area contributed by atoms with Crippen LogP contribution in [0.5, 0.6) is 0 Å². The van der Waals surface area contributed by atoms with Gasteiger partial charge in [0.1, 0.15) is 0 Å². The van der Waals surface area contributed by atoms with E-state index in [4.69, 9.17) is 5.73 Å². The fraction of sp³-hybridized carbons (Fsp3) is 1.00. The summed E-state index contributed by atoms with van der Waals surface area (Å²) in [5.74, 6) is 0.447. The molecule has 0 bridgehead atoms. The number of nitrogens with two attached hydrogens (primary N) is 1. The molecule has 0 spiro atoms. The minimum absolute atomic E-state index is 0. The highest BCUT2D eigenvalue weighted by Gasteiger charge is 2.32. The molecule has 98 valence electrons. The highest BCUT2D eigenvalue weighted by molar-refractivity contribution is 7.87. The largest absolute Gasteiger partial charge is 0.329 e. The second-order valence-corrected chi connectivity index (χ2v) is 6.62. The lowest BCUT2D eigenvalue weighted by molar-refractivity contribution is 0.409. The predicted octanol–water partition coefficient (Wildman–Crippen LogP) is 0.322. The van der Waals surface area contributed by atoms with Crippen molar-refractivity contribution in [3.05, 3.63) is 0 Å². The Bertz CT molecular complexity index is 319. The topological polar surface area (TPSA) is 75.4 Å². The van der Waals surface area contributed by atoms with Gasteiger partial charge in [0.2, 0.25) is 0 Å². The van der Waals surface area contributed by atoms with Crippen LogP contribution in [0.25, 0.3) is 0 Å². The average molecular weight is 272 g/mol. The third kappa shape index (κ3) is 4.18. The van der Waals surface area contributed by atoms with Gasteiger partial charge in [-0.3, -0.25) is 0 Å². The van der Waals surface area contributed by atoms with Crippen LogP contribution in [0.1, 0.15) is 27.2 Å². The number of halogens is 1. The highest BCUT2D eigenvalue weighted by atomic mass is 35.5. The van der Waals surface area contributed by atoms with Crippen LogP contribution < -0.4 is 10.5 Å². The maximum Gasteiger partial charge on any atom is 0.279 e. The Balaban J connectivity index is 0.00000225. The summed E-state index contributed by atoms with van der Waals surface area (Å²) in [6, 6.07) is 0. The monoisotopic (exact) mass is 271 g/mol. The third-order valence-electron chi connectivity index (χ3n) is 2.64. The van der Waals surface area contributed by atoms with Gasteiger partial charge in [-0.15, -0.1) is 12.4 Å². The molecule has 0 aromatic carbocycles. The van der Waals surface area contributed by atoms with Gasteiger partial charge in [-0.25, -0.2) is 0 Å². The molecule has 0 aromatic heterocycles. The smallest absolute Gasteiger partial charge is 0.279 e.